The first-order chi connectivity index (χ1) is 11.3. The Kier molecular flexibility index (Phi) is 5.48. The first kappa shape index (κ1) is 16.2. The third-order valence-corrected chi connectivity index (χ3v) is 5.02. The van der Waals surface area contributed by atoms with Crippen LogP contribution in [-0.4, -0.2) is 37.6 Å². The van der Waals surface area contributed by atoms with Crippen molar-refractivity contribution in [1.29, 1.82) is 0 Å². The van der Waals surface area contributed by atoms with E-state index < -0.39 is 0 Å². The first-order valence-corrected chi connectivity index (χ1v) is 8.79. The fourth-order valence-electron chi connectivity index (χ4n) is 2.79. The summed E-state index contributed by atoms with van der Waals surface area (Å²) >= 11 is 1.62. The number of nitrogens with zero attached hydrogens (tertiary/aromatic N) is 1. The Balaban J connectivity index is 1.52. The quantitative estimate of drug-likeness (QED) is 0.845. The normalized spacial score (nSPS) is 16.6. The lowest BCUT2D eigenvalue weighted by Gasteiger charge is -2.14. The summed E-state index contributed by atoms with van der Waals surface area (Å²) in [6, 6.07) is 7.62. The van der Waals surface area contributed by atoms with Crippen molar-refractivity contribution >= 4 is 17.2 Å². The highest BCUT2D eigenvalue weighted by atomic mass is 32.1. The maximum absolute atomic E-state index is 12.2. The lowest BCUT2D eigenvalue weighted by molar-refractivity contribution is 0.0814. The number of carbonyl (C=O) groups is 1. The summed E-state index contributed by atoms with van der Waals surface area (Å²) in [6.45, 7) is 3.43. The van der Waals surface area contributed by atoms with Gasteiger partial charge in [-0.05, 0) is 49.5 Å². The number of rotatable bonds is 7. The van der Waals surface area contributed by atoms with Crippen LogP contribution in [0.15, 0.2) is 34.1 Å². The van der Waals surface area contributed by atoms with Gasteiger partial charge in [-0.3, -0.25) is 9.69 Å². The average molecular weight is 334 g/mol. The van der Waals surface area contributed by atoms with Crippen LogP contribution in [0.3, 0.4) is 0 Å². The molecule has 1 fully saturated rings. The van der Waals surface area contributed by atoms with Crippen LogP contribution in [0.25, 0.3) is 0 Å². The molecule has 3 heterocycles. The summed E-state index contributed by atoms with van der Waals surface area (Å²) in [5.74, 6) is 1.01. The molecule has 1 aliphatic heterocycles. The number of methoxy groups -OCH3 is 1. The molecule has 1 N–H and O–H groups in total. The molecule has 23 heavy (non-hydrogen) atoms. The van der Waals surface area contributed by atoms with E-state index in [1.165, 1.54) is 12.8 Å². The number of ether oxygens (including phenoxy) is 1. The van der Waals surface area contributed by atoms with Crippen LogP contribution in [0.1, 0.15) is 40.1 Å². The van der Waals surface area contributed by atoms with Crippen LogP contribution in [0.4, 0.5) is 0 Å². The predicted molar refractivity (Wildman–Crippen MR) is 89.6 cm³/mol. The third kappa shape index (κ3) is 4.22. The van der Waals surface area contributed by atoms with Crippen LogP contribution in [-0.2, 0) is 11.3 Å². The van der Waals surface area contributed by atoms with E-state index in [4.69, 9.17) is 9.15 Å². The minimum absolute atomic E-state index is 0.127. The van der Waals surface area contributed by atoms with Gasteiger partial charge in [0.1, 0.15) is 11.9 Å². The maximum atomic E-state index is 12.2. The minimum Gasteiger partial charge on any atom is -0.455 e. The molecule has 0 bridgehead atoms. The van der Waals surface area contributed by atoms with E-state index >= 15 is 0 Å². The summed E-state index contributed by atoms with van der Waals surface area (Å²) in [7, 11) is 1.65. The number of nitrogens with one attached hydrogen (secondary N) is 1. The Morgan fingerprint density at radius 3 is 2.91 bits per heavy atom. The molecule has 124 valence electrons. The zero-order valence-corrected chi connectivity index (χ0v) is 14.1. The van der Waals surface area contributed by atoms with Crippen LogP contribution in [0.2, 0.25) is 0 Å². The van der Waals surface area contributed by atoms with Gasteiger partial charge in [-0.25, -0.2) is 0 Å². The molecule has 1 amide bonds. The molecular formula is C17H22N2O3S. The Morgan fingerprint density at radius 1 is 1.39 bits per heavy atom. The summed E-state index contributed by atoms with van der Waals surface area (Å²) < 4.78 is 11.1. The van der Waals surface area contributed by atoms with Gasteiger partial charge in [-0.1, -0.05) is 6.07 Å². The average Bonchev–Trinajstić information content (AvgIpc) is 3.30. The molecule has 0 spiro atoms. The van der Waals surface area contributed by atoms with Crippen molar-refractivity contribution in [2.75, 3.05) is 26.7 Å². The molecular weight excluding hydrogens is 312 g/mol. The summed E-state index contributed by atoms with van der Waals surface area (Å²) in [6.07, 6.45) is 2.36. The molecule has 0 aliphatic carbocycles. The highest BCUT2D eigenvalue weighted by Gasteiger charge is 2.18. The van der Waals surface area contributed by atoms with E-state index in [-0.39, 0.29) is 12.0 Å². The van der Waals surface area contributed by atoms with E-state index in [2.05, 4.69) is 10.2 Å². The molecule has 2 aromatic rings. The first-order valence-electron chi connectivity index (χ1n) is 7.91. The van der Waals surface area contributed by atoms with Gasteiger partial charge in [-0.2, -0.15) is 0 Å². The second-order valence-electron chi connectivity index (χ2n) is 5.70. The second-order valence-corrected chi connectivity index (χ2v) is 6.68. The van der Waals surface area contributed by atoms with Gasteiger partial charge in [0.2, 0.25) is 0 Å². The van der Waals surface area contributed by atoms with Crippen molar-refractivity contribution < 1.29 is 13.9 Å². The maximum Gasteiger partial charge on any atom is 0.287 e. The van der Waals surface area contributed by atoms with Gasteiger partial charge < -0.3 is 14.5 Å². The molecule has 0 radical (unpaired) electrons. The number of thiophene rings is 1. The molecule has 2 aromatic heterocycles. The Hall–Kier alpha value is -1.63. The van der Waals surface area contributed by atoms with Crippen LogP contribution in [0, 0.1) is 0 Å². The standard InChI is InChI=1S/C17H22N2O3S/c1-21-15(16-5-4-10-23-16)11-18-17(20)14-7-6-13(22-14)12-19-8-2-3-9-19/h4-7,10,15H,2-3,8-9,11-12H2,1H3,(H,18,20)/t15-/m1/s1. The van der Waals surface area contributed by atoms with E-state index in [9.17, 15) is 4.79 Å². The van der Waals surface area contributed by atoms with E-state index in [1.807, 2.05) is 23.6 Å². The topological polar surface area (TPSA) is 54.7 Å². The molecule has 0 saturated carbocycles. The van der Waals surface area contributed by atoms with Crippen molar-refractivity contribution in [2.45, 2.75) is 25.5 Å². The Labute approximate surface area is 140 Å². The van der Waals surface area contributed by atoms with Gasteiger partial charge >= 0.3 is 0 Å². The molecule has 1 atom stereocenters. The van der Waals surface area contributed by atoms with Crippen molar-refractivity contribution in [3.05, 3.63) is 46.0 Å². The van der Waals surface area contributed by atoms with E-state index in [1.54, 1.807) is 24.5 Å². The number of carbonyl (C=O) groups excluding carboxylic acids is 1. The summed E-state index contributed by atoms with van der Waals surface area (Å²) in [4.78, 5) is 15.7. The fourth-order valence-corrected chi connectivity index (χ4v) is 3.60. The van der Waals surface area contributed by atoms with Crippen LogP contribution >= 0.6 is 11.3 Å². The summed E-state index contributed by atoms with van der Waals surface area (Å²) in [5, 5.41) is 4.88. The zero-order valence-electron chi connectivity index (χ0n) is 13.3. The van der Waals surface area contributed by atoms with Gasteiger partial charge in [0.25, 0.3) is 5.91 Å². The zero-order chi connectivity index (χ0) is 16.1. The SMILES string of the molecule is CO[C@H](CNC(=O)c1ccc(CN2CCCC2)o1)c1cccs1. The molecule has 0 aromatic carbocycles. The lowest BCUT2D eigenvalue weighted by Crippen LogP contribution is -2.28. The summed E-state index contributed by atoms with van der Waals surface area (Å²) in [5.41, 5.74) is 0. The van der Waals surface area contributed by atoms with Gasteiger partial charge in [0, 0.05) is 18.5 Å². The highest BCUT2D eigenvalue weighted by molar-refractivity contribution is 7.10. The van der Waals surface area contributed by atoms with Gasteiger partial charge in [-0.15, -0.1) is 11.3 Å². The number of furan rings is 1. The fraction of sp³-hybridized carbons (Fsp3) is 0.471. The second kappa shape index (κ2) is 7.77. The molecule has 1 saturated heterocycles. The van der Waals surface area contributed by atoms with Crippen molar-refractivity contribution in [2.24, 2.45) is 0 Å². The number of amides is 1. The molecule has 5 nitrogen and oxygen atoms in total. The molecule has 3 rings (SSSR count). The van der Waals surface area contributed by atoms with Crippen molar-refractivity contribution in [1.82, 2.24) is 10.2 Å². The Bertz CT molecular complexity index is 618. The number of hydrogen-bond acceptors (Lipinski definition) is 5. The largest absolute Gasteiger partial charge is 0.455 e. The predicted octanol–water partition coefficient (Wildman–Crippen LogP) is 3.05. The number of likely N-dealkylation sites (tertiary alicyclic amines) is 1. The monoisotopic (exact) mass is 334 g/mol. The van der Waals surface area contributed by atoms with Crippen LogP contribution in [0.5, 0.6) is 0 Å². The number of hydrogen-bond donors (Lipinski definition) is 1. The smallest absolute Gasteiger partial charge is 0.287 e. The van der Waals surface area contributed by atoms with E-state index in [0.29, 0.717) is 12.3 Å². The van der Waals surface area contributed by atoms with Crippen LogP contribution < -0.4 is 5.32 Å². The minimum atomic E-state index is -0.198. The molecule has 1 aliphatic rings. The van der Waals surface area contributed by atoms with Crippen molar-refractivity contribution in [3.63, 3.8) is 0 Å². The van der Waals surface area contributed by atoms with Crippen molar-refractivity contribution in [3.8, 4) is 0 Å². The van der Waals surface area contributed by atoms with Gasteiger partial charge in [0.05, 0.1) is 6.54 Å². The van der Waals surface area contributed by atoms with E-state index in [0.717, 1.165) is 30.3 Å². The van der Waals surface area contributed by atoms with Gasteiger partial charge in [0.15, 0.2) is 5.76 Å². The Morgan fingerprint density at radius 2 is 2.22 bits per heavy atom. The molecule has 6 heteroatoms. The molecule has 0 unspecified atom stereocenters. The third-order valence-electron chi connectivity index (χ3n) is 4.06. The lowest BCUT2D eigenvalue weighted by atomic mass is 10.3. The highest BCUT2D eigenvalue weighted by Crippen LogP contribution is 2.21.